The van der Waals surface area contributed by atoms with Crippen LogP contribution in [0.15, 0.2) is 0 Å². The van der Waals surface area contributed by atoms with Gasteiger partial charge < -0.3 is 15.2 Å². The number of methoxy groups -OCH3 is 1. The van der Waals surface area contributed by atoms with Gasteiger partial charge in [-0.2, -0.15) is 5.10 Å². The van der Waals surface area contributed by atoms with Crippen LogP contribution in [0.4, 0.5) is 0 Å². The predicted octanol–water partition coefficient (Wildman–Crippen LogP) is 1.13. The lowest BCUT2D eigenvalue weighted by atomic mass is 9.92. The van der Waals surface area contributed by atoms with E-state index in [0.717, 1.165) is 36.4 Å². The molecule has 5 heteroatoms. The molecular formula is C13H23N3O2. The Bertz CT molecular complexity index is 403. The zero-order chi connectivity index (χ0) is 13.1. The highest BCUT2D eigenvalue weighted by Gasteiger charge is 2.23. The summed E-state index contributed by atoms with van der Waals surface area (Å²) < 4.78 is 7.12. The first-order valence-electron chi connectivity index (χ1n) is 6.61. The van der Waals surface area contributed by atoms with Crippen LogP contribution in [-0.2, 0) is 13.6 Å². The molecule has 0 aromatic carbocycles. The highest BCUT2D eigenvalue weighted by molar-refractivity contribution is 5.30. The standard InChI is InChI=1S/C13H23N3O2/c1-9-10(13(18-3)16(2)15-9)8-14-11-6-4-5-7-12(11)17/h11-12,14,17H,4-8H2,1-3H3. The van der Waals surface area contributed by atoms with Crippen LogP contribution in [0, 0.1) is 6.92 Å². The first-order chi connectivity index (χ1) is 8.63. The average molecular weight is 253 g/mol. The molecule has 2 N–H and O–H groups in total. The Morgan fingerprint density at radius 2 is 2.17 bits per heavy atom. The molecule has 5 nitrogen and oxygen atoms in total. The van der Waals surface area contributed by atoms with E-state index in [-0.39, 0.29) is 12.1 Å². The molecule has 0 aliphatic heterocycles. The lowest BCUT2D eigenvalue weighted by Gasteiger charge is -2.28. The van der Waals surface area contributed by atoms with Gasteiger partial charge in [-0.25, -0.2) is 4.68 Å². The summed E-state index contributed by atoms with van der Waals surface area (Å²) in [5.74, 6) is 0.797. The van der Waals surface area contributed by atoms with E-state index in [2.05, 4.69) is 10.4 Å². The summed E-state index contributed by atoms with van der Waals surface area (Å²) in [5, 5.41) is 17.7. The van der Waals surface area contributed by atoms with Crippen LogP contribution in [-0.4, -0.2) is 34.1 Å². The van der Waals surface area contributed by atoms with E-state index in [1.165, 1.54) is 6.42 Å². The van der Waals surface area contributed by atoms with Crippen molar-refractivity contribution in [2.75, 3.05) is 7.11 Å². The Morgan fingerprint density at radius 3 is 2.83 bits per heavy atom. The molecule has 1 aliphatic rings. The first-order valence-corrected chi connectivity index (χ1v) is 6.61. The molecule has 0 saturated heterocycles. The van der Waals surface area contributed by atoms with Crippen molar-refractivity contribution in [3.8, 4) is 5.88 Å². The molecule has 102 valence electrons. The number of nitrogens with one attached hydrogen (secondary N) is 1. The van der Waals surface area contributed by atoms with Crippen molar-refractivity contribution in [2.45, 2.75) is 51.3 Å². The van der Waals surface area contributed by atoms with Crippen molar-refractivity contribution in [3.63, 3.8) is 0 Å². The van der Waals surface area contributed by atoms with Crippen molar-refractivity contribution >= 4 is 0 Å². The second kappa shape index (κ2) is 5.71. The Morgan fingerprint density at radius 1 is 1.44 bits per heavy atom. The molecule has 0 radical (unpaired) electrons. The number of ether oxygens (including phenoxy) is 1. The van der Waals surface area contributed by atoms with E-state index >= 15 is 0 Å². The third-order valence-corrected chi connectivity index (χ3v) is 3.75. The Kier molecular flexibility index (Phi) is 4.24. The molecule has 1 aromatic heterocycles. The minimum atomic E-state index is -0.221. The Balaban J connectivity index is 2.01. The third kappa shape index (κ3) is 2.67. The maximum absolute atomic E-state index is 9.93. The maximum atomic E-state index is 9.93. The summed E-state index contributed by atoms with van der Waals surface area (Å²) in [6.07, 6.45) is 4.05. The lowest BCUT2D eigenvalue weighted by Crippen LogP contribution is -2.41. The number of aliphatic hydroxyl groups is 1. The number of aryl methyl sites for hydroxylation is 2. The van der Waals surface area contributed by atoms with E-state index < -0.39 is 0 Å². The van der Waals surface area contributed by atoms with Crippen molar-refractivity contribution < 1.29 is 9.84 Å². The van der Waals surface area contributed by atoms with Gasteiger partial charge in [-0.05, 0) is 19.8 Å². The van der Waals surface area contributed by atoms with Crippen LogP contribution in [0.2, 0.25) is 0 Å². The number of rotatable bonds is 4. The number of aliphatic hydroxyl groups excluding tert-OH is 1. The zero-order valence-corrected chi connectivity index (χ0v) is 11.4. The van der Waals surface area contributed by atoms with Gasteiger partial charge in [0.05, 0.1) is 24.5 Å². The fraction of sp³-hybridized carbons (Fsp3) is 0.769. The van der Waals surface area contributed by atoms with E-state index in [1.54, 1.807) is 11.8 Å². The van der Waals surface area contributed by atoms with Crippen LogP contribution in [0.1, 0.15) is 36.9 Å². The Hall–Kier alpha value is -1.07. The van der Waals surface area contributed by atoms with E-state index in [4.69, 9.17) is 4.74 Å². The molecule has 0 spiro atoms. The van der Waals surface area contributed by atoms with Gasteiger partial charge in [0, 0.05) is 19.6 Å². The third-order valence-electron chi connectivity index (χ3n) is 3.75. The van der Waals surface area contributed by atoms with E-state index in [0.29, 0.717) is 6.54 Å². The number of hydrogen-bond donors (Lipinski definition) is 2. The molecule has 1 aliphatic carbocycles. The maximum Gasteiger partial charge on any atom is 0.216 e. The van der Waals surface area contributed by atoms with Crippen molar-refractivity contribution in [2.24, 2.45) is 7.05 Å². The normalized spacial score (nSPS) is 24.2. The molecule has 1 heterocycles. The van der Waals surface area contributed by atoms with Crippen molar-refractivity contribution in [1.82, 2.24) is 15.1 Å². The van der Waals surface area contributed by atoms with Crippen LogP contribution in [0.3, 0.4) is 0 Å². The minimum Gasteiger partial charge on any atom is -0.481 e. The summed E-state index contributed by atoms with van der Waals surface area (Å²) >= 11 is 0. The summed E-state index contributed by atoms with van der Waals surface area (Å²) in [5.41, 5.74) is 2.06. The highest BCUT2D eigenvalue weighted by atomic mass is 16.5. The van der Waals surface area contributed by atoms with Gasteiger partial charge in [0.2, 0.25) is 5.88 Å². The lowest BCUT2D eigenvalue weighted by molar-refractivity contribution is 0.0901. The predicted molar refractivity (Wildman–Crippen MR) is 69.6 cm³/mol. The van der Waals surface area contributed by atoms with Gasteiger partial charge in [0.15, 0.2) is 0 Å². The second-order valence-electron chi connectivity index (χ2n) is 5.04. The fourth-order valence-corrected chi connectivity index (χ4v) is 2.72. The molecule has 18 heavy (non-hydrogen) atoms. The van der Waals surface area contributed by atoms with Gasteiger partial charge in [0.25, 0.3) is 0 Å². The number of hydrogen-bond acceptors (Lipinski definition) is 4. The summed E-state index contributed by atoms with van der Waals surface area (Å²) in [7, 11) is 3.54. The van der Waals surface area contributed by atoms with Crippen LogP contribution < -0.4 is 10.1 Å². The van der Waals surface area contributed by atoms with Crippen LogP contribution in [0.25, 0.3) is 0 Å². The first kappa shape index (κ1) is 13.4. The topological polar surface area (TPSA) is 59.3 Å². The molecule has 2 atom stereocenters. The highest BCUT2D eigenvalue weighted by Crippen LogP contribution is 2.23. The quantitative estimate of drug-likeness (QED) is 0.844. The van der Waals surface area contributed by atoms with Crippen LogP contribution in [0.5, 0.6) is 5.88 Å². The van der Waals surface area contributed by atoms with E-state index in [9.17, 15) is 5.11 Å². The smallest absolute Gasteiger partial charge is 0.216 e. The second-order valence-corrected chi connectivity index (χ2v) is 5.04. The molecule has 0 amide bonds. The largest absolute Gasteiger partial charge is 0.481 e. The molecule has 1 fully saturated rings. The van der Waals surface area contributed by atoms with Crippen LogP contribution >= 0.6 is 0 Å². The number of aromatic nitrogens is 2. The zero-order valence-electron chi connectivity index (χ0n) is 11.4. The number of nitrogens with zero attached hydrogens (tertiary/aromatic N) is 2. The Labute approximate surface area is 108 Å². The fourth-order valence-electron chi connectivity index (χ4n) is 2.72. The minimum absolute atomic E-state index is 0.197. The summed E-state index contributed by atoms with van der Waals surface area (Å²) in [6, 6.07) is 0.197. The van der Waals surface area contributed by atoms with Crippen molar-refractivity contribution in [1.29, 1.82) is 0 Å². The molecule has 0 bridgehead atoms. The van der Waals surface area contributed by atoms with Gasteiger partial charge >= 0.3 is 0 Å². The molecule has 1 saturated carbocycles. The van der Waals surface area contributed by atoms with Gasteiger partial charge in [-0.15, -0.1) is 0 Å². The molecular weight excluding hydrogens is 230 g/mol. The average Bonchev–Trinajstić information content (AvgIpc) is 2.62. The van der Waals surface area contributed by atoms with Gasteiger partial charge in [0.1, 0.15) is 0 Å². The van der Waals surface area contributed by atoms with E-state index in [1.807, 2.05) is 14.0 Å². The summed E-state index contributed by atoms with van der Waals surface area (Å²) in [6.45, 7) is 2.68. The summed E-state index contributed by atoms with van der Waals surface area (Å²) in [4.78, 5) is 0. The molecule has 2 rings (SSSR count). The van der Waals surface area contributed by atoms with Crippen molar-refractivity contribution in [3.05, 3.63) is 11.3 Å². The monoisotopic (exact) mass is 253 g/mol. The molecule has 2 unspecified atom stereocenters. The SMILES string of the molecule is COc1c(CNC2CCCCC2O)c(C)nn1C. The molecule has 1 aromatic rings. The van der Waals surface area contributed by atoms with Gasteiger partial charge in [-0.3, -0.25) is 0 Å². The van der Waals surface area contributed by atoms with Gasteiger partial charge in [-0.1, -0.05) is 12.8 Å².